The van der Waals surface area contributed by atoms with Crippen molar-refractivity contribution in [3.8, 4) is 11.6 Å². The van der Waals surface area contributed by atoms with Gasteiger partial charge in [-0.1, -0.05) is 19.0 Å². The third kappa shape index (κ3) is 3.01. The van der Waals surface area contributed by atoms with E-state index in [0.717, 1.165) is 0 Å². The monoisotopic (exact) mass is 264 g/mol. The molecule has 2 aromatic rings. The van der Waals surface area contributed by atoms with Crippen molar-refractivity contribution >= 4 is 5.97 Å². The van der Waals surface area contributed by atoms with Gasteiger partial charge in [-0.3, -0.25) is 0 Å². The predicted octanol–water partition coefficient (Wildman–Crippen LogP) is 2.70. The average molecular weight is 264 g/mol. The Morgan fingerprint density at radius 3 is 2.84 bits per heavy atom. The lowest BCUT2D eigenvalue weighted by atomic mass is 10.1. The third-order valence-electron chi connectivity index (χ3n) is 2.42. The van der Waals surface area contributed by atoms with Crippen molar-refractivity contribution in [2.75, 3.05) is 6.61 Å². The standard InChI is InChI=1S/C13H16N2O4/c1-4-17-13(16)11-10(7-8(2)3)14-12(19-11)9-5-6-18-15-9/h5-6,8H,4,7H2,1-3H3. The molecule has 2 aromatic heterocycles. The van der Waals surface area contributed by atoms with E-state index in [4.69, 9.17) is 13.7 Å². The molecule has 0 saturated carbocycles. The van der Waals surface area contributed by atoms with Crippen LogP contribution < -0.4 is 0 Å². The maximum absolute atomic E-state index is 11.8. The first-order valence-electron chi connectivity index (χ1n) is 6.19. The Hall–Kier alpha value is -2.11. The number of nitrogens with zero attached hydrogens (tertiary/aromatic N) is 2. The largest absolute Gasteiger partial charge is 0.460 e. The summed E-state index contributed by atoms with van der Waals surface area (Å²) in [5, 5.41) is 3.74. The van der Waals surface area contributed by atoms with Crippen molar-refractivity contribution < 1.29 is 18.5 Å². The van der Waals surface area contributed by atoms with Crippen LogP contribution in [0.2, 0.25) is 0 Å². The van der Waals surface area contributed by atoms with E-state index < -0.39 is 5.97 Å². The minimum atomic E-state index is -0.500. The van der Waals surface area contributed by atoms with Gasteiger partial charge in [-0.25, -0.2) is 9.78 Å². The van der Waals surface area contributed by atoms with Crippen molar-refractivity contribution in [1.82, 2.24) is 10.1 Å². The topological polar surface area (TPSA) is 78.4 Å². The zero-order chi connectivity index (χ0) is 13.8. The molecular weight excluding hydrogens is 248 g/mol. The number of rotatable bonds is 5. The highest BCUT2D eigenvalue weighted by atomic mass is 16.5. The highest BCUT2D eigenvalue weighted by molar-refractivity contribution is 5.88. The van der Waals surface area contributed by atoms with Crippen molar-refractivity contribution in [2.45, 2.75) is 27.2 Å². The molecule has 0 aliphatic carbocycles. The van der Waals surface area contributed by atoms with Crippen LogP contribution in [0.4, 0.5) is 0 Å². The van der Waals surface area contributed by atoms with E-state index in [0.29, 0.717) is 30.3 Å². The second-order valence-corrected chi connectivity index (χ2v) is 4.50. The van der Waals surface area contributed by atoms with Gasteiger partial charge in [0.05, 0.1) is 12.3 Å². The quantitative estimate of drug-likeness (QED) is 0.772. The van der Waals surface area contributed by atoms with Crippen LogP contribution in [0.3, 0.4) is 0 Å². The highest BCUT2D eigenvalue weighted by Gasteiger charge is 2.23. The molecular formula is C13H16N2O4. The predicted molar refractivity (Wildman–Crippen MR) is 66.5 cm³/mol. The van der Waals surface area contributed by atoms with Gasteiger partial charge in [0.25, 0.3) is 0 Å². The van der Waals surface area contributed by atoms with Gasteiger partial charge in [0.15, 0.2) is 5.69 Å². The molecule has 0 aromatic carbocycles. The van der Waals surface area contributed by atoms with Crippen LogP contribution >= 0.6 is 0 Å². The zero-order valence-corrected chi connectivity index (χ0v) is 11.2. The van der Waals surface area contributed by atoms with E-state index in [1.807, 2.05) is 13.8 Å². The fraction of sp³-hybridized carbons (Fsp3) is 0.462. The Morgan fingerprint density at radius 2 is 2.26 bits per heavy atom. The smallest absolute Gasteiger partial charge is 0.376 e. The molecule has 6 nitrogen and oxygen atoms in total. The number of oxazole rings is 1. The van der Waals surface area contributed by atoms with Crippen LogP contribution in [0.1, 0.15) is 37.0 Å². The molecule has 19 heavy (non-hydrogen) atoms. The lowest BCUT2D eigenvalue weighted by Gasteiger charge is -2.02. The van der Waals surface area contributed by atoms with Gasteiger partial charge < -0.3 is 13.7 Å². The van der Waals surface area contributed by atoms with Gasteiger partial charge in [0, 0.05) is 6.07 Å². The fourth-order valence-electron chi connectivity index (χ4n) is 1.67. The molecule has 2 heterocycles. The number of esters is 1. The minimum Gasteiger partial charge on any atom is -0.460 e. The number of carbonyl (C=O) groups is 1. The molecule has 0 aliphatic heterocycles. The first-order valence-corrected chi connectivity index (χ1v) is 6.19. The molecule has 2 rings (SSSR count). The molecule has 0 unspecified atom stereocenters. The van der Waals surface area contributed by atoms with E-state index in [1.165, 1.54) is 6.26 Å². The number of hydrogen-bond acceptors (Lipinski definition) is 6. The normalized spacial score (nSPS) is 10.9. The zero-order valence-electron chi connectivity index (χ0n) is 11.2. The van der Waals surface area contributed by atoms with Gasteiger partial charge >= 0.3 is 5.97 Å². The highest BCUT2D eigenvalue weighted by Crippen LogP contribution is 2.23. The first kappa shape index (κ1) is 13.3. The summed E-state index contributed by atoms with van der Waals surface area (Å²) < 4.78 is 15.2. The lowest BCUT2D eigenvalue weighted by Crippen LogP contribution is -2.08. The Labute approximate surface area is 110 Å². The number of carbonyl (C=O) groups excluding carboxylic acids is 1. The summed E-state index contributed by atoms with van der Waals surface area (Å²) in [5.41, 5.74) is 1.05. The van der Waals surface area contributed by atoms with E-state index in [-0.39, 0.29) is 11.7 Å². The van der Waals surface area contributed by atoms with E-state index >= 15 is 0 Å². The van der Waals surface area contributed by atoms with Crippen LogP contribution in [0.25, 0.3) is 11.6 Å². The van der Waals surface area contributed by atoms with Crippen molar-refractivity contribution in [3.05, 3.63) is 23.8 Å². The molecule has 0 fully saturated rings. The number of aromatic nitrogens is 2. The third-order valence-corrected chi connectivity index (χ3v) is 2.42. The van der Waals surface area contributed by atoms with Crippen LogP contribution in [-0.2, 0) is 11.2 Å². The maximum atomic E-state index is 11.8. The summed E-state index contributed by atoms with van der Waals surface area (Å²) in [6.07, 6.45) is 2.06. The molecule has 0 atom stereocenters. The van der Waals surface area contributed by atoms with Gasteiger partial charge in [0.2, 0.25) is 11.7 Å². The number of hydrogen-bond donors (Lipinski definition) is 0. The SMILES string of the molecule is CCOC(=O)c1oc(-c2ccon2)nc1CC(C)C. The Kier molecular flexibility index (Phi) is 3.99. The molecule has 6 heteroatoms. The van der Waals surface area contributed by atoms with Gasteiger partial charge in [-0.2, -0.15) is 0 Å². The summed E-state index contributed by atoms with van der Waals surface area (Å²) in [6.45, 7) is 6.12. The van der Waals surface area contributed by atoms with Crippen LogP contribution in [0, 0.1) is 5.92 Å². The summed E-state index contributed by atoms with van der Waals surface area (Å²) >= 11 is 0. The molecule has 102 valence electrons. The summed E-state index contributed by atoms with van der Waals surface area (Å²) in [5.74, 6) is 0.268. The molecule has 0 bridgehead atoms. The van der Waals surface area contributed by atoms with Crippen LogP contribution in [0.5, 0.6) is 0 Å². The van der Waals surface area contributed by atoms with Crippen LogP contribution in [-0.4, -0.2) is 22.7 Å². The van der Waals surface area contributed by atoms with E-state index in [9.17, 15) is 4.79 Å². The first-order chi connectivity index (χ1) is 9.11. The Balaban J connectivity index is 2.36. The van der Waals surface area contributed by atoms with Crippen LogP contribution in [0.15, 0.2) is 21.3 Å². The van der Waals surface area contributed by atoms with E-state index in [1.54, 1.807) is 13.0 Å². The molecule has 0 saturated heterocycles. The number of ether oxygens (including phenoxy) is 1. The Morgan fingerprint density at radius 1 is 1.47 bits per heavy atom. The summed E-state index contributed by atoms with van der Waals surface area (Å²) in [6, 6.07) is 1.62. The maximum Gasteiger partial charge on any atom is 0.376 e. The average Bonchev–Trinajstić information content (AvgIpc) is 2.96. The van der Waals surface area contributed by atoms with Crippen molar-refractivity contribution in [3.63, 3.8) is 0 Å². The second kappa shape index (κ2) is 5.69. The molecule has 0 amide bonds. The molecule has 0 radical (unpaired) electrons. The van der Waals surface area contributed by atoms with Gasteiger partial charge in [0.1, 0.15) is 6.26 Å². The van der Waals surface area contributed by atoms with Crippen molar-refractivity contribution in [2.24, 2.45) is 5.92 Å². The Bertz CT molecular complexity index is 543. The minimum absolute atomic E-state index is 0.147. The summed E-state index contributed by atoms with van der Waals surface area (Å²) in [7, 11) is 0. The molecule has 0 spiro atoms. The fourth-order valence-corrected chi connectivity index (χ4v) is 1.67. The lowest BCUT2D eigenvalue weighted by molar-refractivity contribution is 0.0489. The van der Waals surface area contributed by atoms with Gasteiger partial charge in [-0.05, 0) is 19.3 Å². The summed E-state index contributed by atoms with van der Waals surface area (Å²) in [4.78, 5) is 16.1. The van der Waals surface area contributed by atoms with Gasteiger partial charge in [-0.15, -0.1) is 0 Å². The van der Waals surface area contributed by atoms with Crippen molar-refractivity contribution in [1.29, 1.82) is 0 Å². The van der Waals surface area contributed by atoms with E-state index in [2.05, 4.69) is 10.1 Å². The second-order valence-electron chi connectivity index (χ2n) is 4.50. The molecule has 0 aliphatic rings. The molecule has 0 N–H and O–H groups in total.